The molecule has 176 valence electrons. The number of hydrogen-bond acceptors (Lipinski definition) is 3. The monoisotopic (exact) mass is 596 g/mol. The first kappa shape index (κ1) is 24.7. The average molecular weight is 599 g/mol. The number of likely N-dealkylation sites (tertiary alicyclic amines) is 1. The van der Waals surface area contributed by atoms with Crippen molar-refractivity contribution in [2.24, 2.45) is 5.92 Å². The van der Waals surface area contributed by atoms with Crippen LogP contribution in [0.4, 0.5) is 0 Å². The summed E-state index contributed by atoms with van der Waals surface area (Å²) in [6, 6.07) is 6.25. The molecule has 1 aromatic heterocycles. The molecule has 0 bridgehead atoms. The first-order chi connectivity index (χ1) is 15.8. The van der Waals surface area contributed by atoms with E-state index in [9.17, 15) is 9.59 Å². The van der Waals surface area contributed by atoms with E-state index in [1.807, 2.05) is 17.2 Å². The normalized spacial score (nSPS) is 18.4. The SMILES string of the molecule is O=C(O)CCCCC(=O)N1CCC([C@H]2c3ncc(Br)cc3CCc3cc(Cl)cc(Br)c32)CC1. The third-order valence-corrected chi connectivity index (χ3v) is 8.12. The van der Waals surface area contributed by atoms with E-state index in [1.54, 1.807) is 0 Å². The molecule has 33 heavy (non-hydrogen) atoms. The summed E-state index contributed by atoms with van der Waals surface area (Å²) in [4.78, 5) is 30.2. The van der Waals surface area contributed by atoms with Crippen molar-refractivity contribution >= 4 is 55.3 Å². The molecule has 0 unspecified atom stereocenters. The van der Waals surface area contributed by atoms with E-state index in [4.69, 9.17) is 21.7 Å². The molecule has 1 aromatic carbocycles. The number of nitrogens with zero attached hydrogens (tertiary/aromatic N) is 2. The van der Waals surface area contributed by atoms with E-state index in [2.05, 4.69) is 44.0 Å². The summed E-state index contributed by atoms with van der Waals surface area (Å²) in [7, 11) is 0. The topological polar surface area (TPSA) is 70.5 Å². The Hall–Kier alpha value is -1.44. The Bertz CT molecular complexity index is 1050. The van der Waals surface area contributed by atoms with E-state index in [-0.39, 0.29) is 18.2 Å². The van der Waals surface area contributed by atoms with Gasteiger partial charge >= 0.3 is 5.97 Å². The summed E-state index contributed by atoms with van der Waals surface area (Å²) in [6.07, 6.45) is 7.27. The number of carboxylic acids is 1. The van der Waals surface area contributed by atoms with Crippen molar-refractivity contribution < 1.29 is 14.7 Å². The highest BCUT2D eigenvalue weighted by atomic mass is 79.9. The van der Waals surface area contributed by atoms with Gasteiger partial charge in [0.2, 0.25) is 5.91 Å². The number of piperidine rings is 1. The first-order valence-electron chi connectivity index (χ1n) is 11.4. The van der Waals surface area contributed by atoms with Crippen LogP contribution >= 0.6 is 43.5 Å². The molecule has 1 aliphatic carbocycles. The number of aliphatic carboxylic acids is 1. The van der Waals surface area contributed by atoms with Crippen molar-refractivity contribution in [2.75, 3.05) is 13.1 Å². The van der Waals surface area contributed by atoms with Crippen LogP contribution in [0.1, 0.15) is 66.8 Å². The molecule has 5 nitrogen and oxygen atoms in total. The van der Waals surface area contributed by atoms with Gasteiger partial charge in [0, 0.05) is 52.0 Å². The number of benzene rings is 1. The van der Waals surface area contributed by atoms with Crippen molar-refractivity contribution in [3.05, 3.63) is 60.7 Å². The molecule has 1 atom stereocenters. The maximum atomic E-state index is 12.6. The summed E-state index contributed by atoms with van der Waals surface area (Å²) in [5.74, 6) is -0.135. The highest BCUT2D eigenvalue weighted by Gasteiger charge is 2.36. The predicted molar refractivity (Wildman–Crippen MR) is 136 cm³/mol. The second-order valence-corrected chi connectivity index (χ2v) is 11.2. The van der Waals surface area contributed by atoms with Gasteiger partial charge in [-0.15, -0.1) is 0 Å². The zero-order valence-electron chi connectivity index (χ0n) is 18.3. The Morgan fingerprint density at radius 1 is 1.06 bits per heavy atom. The van der Waals surface area contributed by atoms with Crippen molar-refractivity contribution in [2.45, 2.75) is 57.3 Å². The second kappa shape index (κ2) is 10.9. The molecule has 2 heterocycles. The van der Waals surface area contributed by atoms with Gasteiger partial charge in [-0.1, -0.05) is 27.5 Å². The number of hydrogen-bond donors (Lipinski definition) is 1. The van der Waals surface area contributed by atoms with Gasteiger partial charge < -0.3 is 10.0 Å². The van der Waals surface area contributed by atoms with Crippen LogP contribution in [0.2, 0.25) is 5.02 Å². The third-order valence-electron chi connectivity index (χ3n) is 6.81. The molecule has 1 fully saturated rings. The van der Waals surface area contributed by atoms with Gasteiger partial charge in [-0.2, -0.15) is 0 Å². The molecule has 0 saturated carbocycles. The molecule has 1 saturated heterocycles. The Labute approximate surface area is 216 Å². The molecule has 1 N–H and O–H groups in total. The fourth-order valence-corrected chi connectivity index (χ4v) is 6.72. The lowest BCUT2D eigenvalue weighted by Gasteiger charge is -2.37. The van der Waals surface area contributed by atoms with Crippen LogP contribution in [0.15, 0.2) is 33.3 Å². The van der Waals surface area contributed by atoms with Crippen LogP contribution in [-0.2, 0) is 22.4 Å². The van der Waals surface area contributed by atoms with Gasteiger partial charge in [-0.3, -0.25) is 14.6 Å². The first-order valence-corrected chi connectivity index (χ1v) is 13.4. The van der Waals surface area contributed by atoms with Gasteiger partial charge in [0.1, 0.15) is 0 Å². The van der Waals surface area contributed by atoms with Crippen molar-refractivity contribution in [3.63, 3.8) is 0 Å². The van der Waals surface area contributed by atoms with Crippen LogP contribution in [0.25, 0.3) is 0 Å². The molecule has 4 rings (SSSR count). The number of unbranched alkanes of at least 4 members (excludes halogenated alkanes) is 1. The molecule has 0 radical (unpaired) electrons. The molecule has 0 spiro atoms. The number of carbonyl (C=O) groups is 2. The van der Waals surface area contributed by atoms with Crippen LogP contribution in [0, 0.1) is 5.92 Å². The molecule has 1 amide bonds. The Morgan fingerprint density at radius 2 is 1.76 bits per heavy atom. The van der Waals surface area contributed by atoms with Gasteiger partial charge in [0.25, 0.3) is 0 Å². The summed E-state index contributed by atoms with van der Waals surface area (Å²) in [5.41, 5.74) is 4.96. The van der Waals surface area contributed by atoms with E-state index in [0.29, 0.717) is 25.2 Å². The number of rotatable bonds is 6. The fraction of sp³-hybridized carbons (Fsp3) is 0.480. The highest BCUT2D eigenvalue weighted by Crippen LogP contribution is 2.46. The summed E-state index contributed by atoms with van der Waals surface area (Å²) >= 11 is 13.8. The maximum Gasteiger partial charge on any atom is 0.303 e. The van der Waals surface area contributed by atoms with Crippen molar-refractivity contribution in [3.8, 4) is 0 Å². The minimum atomic E-state index is -0.805. The molecular weight excluding hydrogens is 572 g/mol. The number of halogens is 3. The third kappa shape index (κ3) is 5.80. The smallest absolute Gasteiger partial charge is 0.303 e. The van der Waals surface area contributed by atoms with E-state index >= 15 is 0 Å². The van der Waals surface area contributed by atoms with Crippen LogP contribution in [-0.4, -0.2) is 40.0 Å². The van der Waals surface area contributed by atoms with Crippen molar-refractivity contribution in [1.82, 2.24) is 9.88 Å². The lowest BCUT2D eigenvalue weighted by molar-refractivity contribution is -0.137. The average Bonchev–Trinajstić information content (AvgIpc) is 2.93. The minimum Gasteiger partial charge on any atom is -0.481 e. The lowest BCUT2D eigenvalue weighted by Crippen LogP contribution is -2.40. The minimum absolute atomic E-state index is 0.123. The van der Waals surface area contributed by atoms with Gasteiger partial charge in [-0.05, 0) is 95.3 Å². The Kier molecular flexibility index (Phi) is 8.13. The largest absolute Gasteiger partial charge is 0.481 e. The zero-order chi connectivity index (χ0) is 23.5. The van der Waals surface area contributed by atoms with E-state index in [0.717, 1.165) is 58.4 Å². The zero-order valence-corrected chi connectivity index (χ0v) is 22.3. The van der Waals surface area contributed by atoms with Gasteiger partial charge in [0.15, 0.2) is 0 Å². The molecule has 2 aliphatic rings. The number of aromatic nitrogens is 1. The van der Waals surface area contributed by atoms with E-state index < -0.39 is 5.97 Å². The summed E-state index contributed by atoms with van der Waals surface area (Å²) in [5, 5.41) is 9.51. The van der Waals surface area contributed by atoms with E-state index in [1.165, 1.54) is 16.7 Å². The molecule has 8 heteroatoms. The number of pyridine rings is 1. The van der Waals surface area contributed by atoms with Gasteiger partial charge in [-0.25, -0.2) is 0 Å². The highest BCUT2D eigenvalue weighted by molar-refractivity contribution is 9.10. The van der Waals surface area contributed by atoms with Crippen LogP contribution in [0.3, 0.4) is 0 Å². The number of carbonyl (C=O) groups excluding carboxylic acids is 1. The quantitative estimate of drug-likeness (QED) is 0.392. The number of carboxylic acid groups (broad SMARTS) is 1. The number of fused-ring (bicyclic) bond motifs is 2. The van der Waals surface area contributed by atoms with Gasteiger partial charge in [0.05, 0.1) is 5.69 Å². The fourth-order valence-electron chi connectivity index (χ4n) is 5.22. The summed E-state index contributed by atoms with van der Waals surface area (Å²) in [6.45, 7) is 1.46. The van der Waals surface area contributed by atoms with Crippen LogP contribution in [0.5, 0.6) is 0 Å². The molecular formula is C25H27Br2ClN2O3. The lowest BCUT2D eigenvalue weighted by atomic mass is 9.76. The Morgan fingerprint density at radius 3 is 2.48 bits per heavy atom. The number of amides is 1. The molecule has 1 aliphatic heterocycles. The van der Waals surface area contributed by atoms with Crippen LogP contribution < -0.4 is 0 Å². The molecule has 2 aromatic rings. The maximum absolute atomic E-state index is 12.6. The second-order valence-electron chi connectivity index (χ2n) is 8.96. The van der Waals surface area contributed by atoms with Crippen molar-refractivity contribution in [1.29, 1.82) is 0 Å². The predicted octanol–water partition coefficient (Wildman–Crippen LogP) is 6.37. The summed E-state index contributed by atoms with van der Waals surface area (Å²) < 4.78 is 2.02. The standard InChI is InChI=1S/C25H27Br2ClN2O3/c26-18-11-17-6-5-16-12-19(28)13-20(27)23(16)24(25(17)29-14-18)15-7-9-30(10-8-15)21(31)3-1-2-4-22(32)33/h11-15,24H,1-10H2,(H,32,33)/t24-/m1/s1. The number of aryl methyl sites for hydroxylation is 2. The Balaban J connectivity index is 1.53.